The first-order valence-electron chi connectivity index (χ1n) is 17.1. The Labute approximate surface area is 311 Å². The van der Waals surface area contributed by atoms with Gasteiger partial charge in [-0.1, -0.05) is 51.4 Å². The number of carboxylic acid groups (broad SMARTS) is 2. The van der Waals surface area contributed by atoms with E-state index in [1.54, 1.807) is 6.26 Å². The normalized spacial score (nSPS) is 13.9. The lowest BCUT2D eigenvalue weighted by Crippen LogP contribution is -2.53. The van der Waals surface area contributed by atoms with E-state index in [1.165, 1.54) is 84.1 Å². The number of rotatable bonds is 22. The molecule has 0 heterocycles. The number of hydrogen-bond acceptors (Lipinski definition) is 15. The Kier molecular flexibility index (Phi) is 36.6. The Balaban J connectivity index is -0.00000136. The molecule has 3 atom stereocenters. The molecule has 2 aliphatic rings. The van der Waals surface area contributed by atoms with Crippen LogP contribution >= 0.6 is 23.5 Å². The van der Waals surface area contributed by atoms with Gasteiger partial charge in [0, 0.05) is 58.2 Å². The van der Waals surface area contributed by atoms with Gasteiger partial charge in [-0.3, -0.25) is 34.1 Å². The molecule has 0 radical (unpaired) electrons. The summed E-state index contributed by atoms with van der Waals surface area (Å²) in [5, 5.41) is 38.1. The number of ketones is 4. The Morgan fingerprint density at radius 3 is 1.67 bits per heavy atom. The van der Waals surface area contributed by atoms with Gasteiger partial charge in [-0.05, 0) is 33.1 Å². The third kappa shape index (κ3) is 35.3. The summed E-state index contributed by atoms with van der Waals surface area (Å²) in [6, 6.07) is -2.58. The lowest BCUT2D eigenvalue weighted by molar-refractivity contribution is -0.309. The largest absolute Gasteiger partial charge is 0.550 e. The molecule has 296 valence electrons. The first-order valence-corrected chi connectivity index (χ1v) is 19.7. The summed E-state index contributed by atoms with van der Waals surface area (Å²) in [5.41, 5.74) is 4.50. The summed E-state index contributed by atoms with van der Waals surface area (Å²) in [7, 11) is 2.96. The lowest BCUT2D eigenvalue weighted by Gasteiger charge is -2.25. The molecule has 0 aromatic rings. The van der Waals surface area contributed by atoms with Gasteiger partial charge in [-0.15, -0.1) is 11.8 Å². The number of nitrogens with one attached hydrogen (secondary N) is 3. The molecule has 0 aliphatic heterocycles. The van der Waals surface area contributed by atoms with Crippen LogP contribution in [0.25, 0.3) is 0 Å². The van der Waals surface area contributed by atoms with Crippen molar-refractivity contribution in [3.05, 3.63) is 0 Å². The molecule has 0 aromatic carbocycles. The lowest BCUT2D eigenvalue weighted by atomic mass is 9.99. The van der Waals surface area contributed by atoms with Crippen LogP contribution in [0.1, 0.15) is 104 Å². The zero-order valence-electron chi connectivity index (χ0n) is 30.9. The maximum absolute atomic E-state index is 12.5. The molecule has 3 unspecified atom stereocenters. The number of Topliss-reactive ketones (excluding diaryl/α,β-unsaturated/α-hetero) is 4. The van der Waals surface area contributed by atoms with Crippen molar-refractivity contribution < 1.29 is 53.7 Å². The van der Waals surface area contributed by atoms with E-state index in [1.807, 2.05) is 0 Å². The Morgan fingerprint density at radius 2 is 1.25 bits per heavy atom. The van der Waals surface area contributed by atoms with Crippen LogP contribution in [-0.4, -0.2) is 114 Å². The van der Waals surface area contributed by atoms with E-state index < -0.39 is 54.5 Å². The van der Waals surface area contributed by atoms with Gasteiger partial charge >= 0.3 is 0 Å². The van der Waals surface area contributed by atoms with Crippen LogP contribution in [0.5, 0.6) is 0 Å². The molecular formula is C34H60N4O11S2-2. The molecular weight excluding hydrogens is 705 g/mol. The molecule has 2 aliphatic carbocycles. The number of hydrogen-bond donors (Lipinski definition) is 5. The van der Waals surface area contributed by atoms with Gasteiger partial charge in [-0.2, -0.15) is 11.8 Å². The van der Waals surface area contributed by atoms with Crippen LogP contribution in [0.2, 0.25) is 0 Å². The Hall–Kier alpha value is -2.86. The highest BCUT2D eigenvalue weighted by Crippen LogP contribution is 2.15. The van der Waals surface area contributed by atoms with Crippen molar-refractivity contribution in [3.63, 3.8) is 0 Å². The number of aliphatic hydroxyl groups excluding tert-OH is 1. The van der Waals surface area contributed by atoms with Gasteiger partial charge in [0.15, 0.2) is 11.6 Å². The van der Waals surface area contributed by atoms with Crippen LogP contribution in [0.3, 0.4) is 0 Å². The molecule has 17 heteroatoms. The molecule has 6 N–H and O–H groups in total. The molecule has 2 fully saturated rings. The highest BCUT2D eigenvalue weighted by molar-refractivity contribution is 8.00. The molecule has 51 heavy (non-hydrogen) atoms. The number of aliphatic hydroxyl groups is 1. The monoisotopic (exact) mass is 764 g/mol. The quantitative estimate of drug-likeness (QED) is 0.0868. The van der Waals surface area contributed by atoms with E-state index in [-0.39, 0.29) is 66.4 Å². The van der Waals surface area contributed by atoms with E-state index >= 15 is 0 Å². The summed E-state index contributed by atoms with van der Waals surface area (Å²) in [4.78, 5) is 91.6. The Bertz CT molecular complexity index is 1020. The molecule has 0 spiro atoms. The van der Waals surface area contributed by atoms with Gasteiger partial charge in [0.25, 0.3) is 0 Å². The van der Waals surface area contributed by atoms with Gasteiger partial charge < -0.3 is 41.3 Å². The van der Waals surface area contributed by atoms with Gasteiger partial charge in [0.2, 0.25) is 11.8 Å². The molecule has 0 aromatic heterocycles. The second-order valence-electron chi connectivity index (χ2n) is 11.6. The van der Waals surface area contributed by atoms with E-state index in [0.717, 1.165) is 18.7 Å². The van der Waals surface area contributed by atoms with Crippen LogP contribution in [0, 0.1) is 0 Å². The minimum absolute atomic E-state index is 0.0256. The smallest absolute Gasteiger partial charge is 0.229 e. The van der Waals surface area contributed by atoms with Crippen molar-refractivity contribution in [2.45, 2.75) is 122 Å². The molecule has 0 saturated heterocycles. The summed E-state index contributed by atoms with van der Waals surface area (Å²) >= 11 is 2.26. The van der Waals surface area contributed by atoms with E-state index in [4.69, 9.17) is 9.90 Å². The first-order chi connectivity index (χ1) is 24.1. The van der Waals surface area contributed by atoms with Crippen molar-refractivity contribution in [1.82, 2.24) is 16.0 Å². The molecule has 0 bridgehead atoms. The minimum Gasteiger partial charge on any atom is -0.550 e. The molecule has 2 amide bonds. The second-order valence-corrected chi connectivity index (χ2v) is 13.4. The van der Waals surface area contributed by atoms with E-state index in [0.29, 0.717) is 6.42 Å². The number of aliphatic carboxylic acids is 2. The third-order valence-corrected chi connectivity index (χ3v) is 8.61. The number of amides is 2. The second kappa shape index (κ2) is 35.5. The van der Waals surface area contributed by atoms with Gasteiger partial charge in [0.05, 0.1) is 29.3 Å². The number of carbonyl (C=O) groups excluding carboxylic acids is 8. The third-order valence-electron chi connectivity index (χ3n) is 7.05. The van der Waals surface area contributed by atoms with Crippen LogP contribution in [0.4, 0.5) is 0 Å². The highest BCUT2D eigenvalue weighted by atomic mass is 32.2. The first kappa shape index (κ1) is 52.5. The van der Waals surface area contributed by atoms with Crippen molar-refractivity contribution in [2.75, 3.05) is 44.2 Å². The topological polar surface area (TPSA) is 265 Å². The summed E-state index contributed by atoms with van der Waals surface area (Å²) in [6.07, 6.45) is 11.0. The van der Waals surface area contributed by atoms with Crippen molar-refractivity contribution in [3.8, 4) is 0 Å². The number of carbonyl (C=O) groups is 8. The van der Waals surface area contributed by atoms with Crippen LogP contribution in [0.15, 0.2) is 0 Å². The summed E-state index contributed by atoms with van der Waals surface area (Å²) in [5.74, 6) is -5.01. The van der Waals surface area contributed by atoms with Crippen LogP contribution in [-0.2, 0) is 38.4 Å². The van der Waals surface area contributed by atoms with Gasteiger partial charge in [0.1, 0.15) is 17.7 Å². The van der Waals surface area contributed by atoms with Crippen molar-refractivity contribution >= 4 is 70.4 Å². The summed E-state index contributed by atoms with van der Waals surface area (Å²) < 4.78 is 0. The average molecular weight is 765 g/mol. The molecule has 2 saturated carbocycles. The SMILES string of the molecule is C1CCC1.C1CCC1.CC(=O)[O-].CN.CNC(=O)CSCC(=O)CC(NC(CCC(=O)C(O)CC(=O)CCCNC(C)=O)C(=O)[O-])C(=O)CSC. The fourth-order valence-corrected chi connectivity index (χ4v) is 4.83. The predicted molar refractivity (Wildman–Crippen MR) is 196 cm³/mol. The molecule has 15 nitrogen and oxygen atoms in total. The fourth-order valence-electron chi connectivity index (χ4n) is 3.57. The predicted octanol–water partition coefficient (Wildman–Crippen LogP) is -0.529. The number of nitrogens with two attached hydrogens (primary N) is 1. The molecule has 2 rings (SSSR count). The van der Waals surface area contributed by atoms with E-state index in [2.05, 4.69) is 21.7 Å². The number of thioether (sulfide) groups is 2. The fraction of sp³-hybridized carbons (Fsp3) is 0.765. The zero-order valence-corrected chi connectivity index (χ0v) is 32.5. The Morgan fingerprint density at radius 1 is 0.745 bits per heavy atom. The van der Waals surface area contributed by atoms with Crippen molar-refractivity contribution in [1.29, 1.82) is 0 Å². The number of carboxylic acids is 2. The zero-order chi connectivity index (χ0) is 39.6. The van der Waals surface area contributed by atoms with Crippen LogP contribution < -0.4 is 31.9 Å². The van der Waals surface area contributed by atoms with E-state index in [9.17, 15) is 43.8 Å². The maximum Gasteiger partial charge on any atom is 0.229 e. The van der Waals surface area contributed by atoms with Crippen molar-refractivity contribution in [2.24, 2.45) is 5.73 Å². The van der Waals surface area contributed by atoms with Gasteiger partial charge in [-0.25, -0.2) is 0 Å². The summed E-state index contributed by atoms with van der Waals surface area (Å²) in [6.45, 7) is 2.60. The standard InChI is InChI=1S/C23H37N3O9S2.2C4H8.C2H4O2.CH5N/c1-14(27)25-8-4-5-15(28)10-20(31)19(30)7-6-17(23(34)35)26-18(21(32)12-36-3)9-16(29)11-37-13-22(33)24-2;2*1-2-4-3-1;1-2(3)4;1-2/h17-18,20,26,31H,4-13H2,1-3H3,(H,24,33)(H,25,27)(H,34,35);2*1-4H2;1H3,(H,3,4);2H2,1H3/p-2. The maximum atomic E-state index is 12.5. The highest BCUT2D eigenvalue weighted by Gasteiger charge is 2.27. The minimum atomic E-state index is -1.61. The average Bonchev–Trinajstić information content (AvgIpc) is 2.99.